The molecule has 4 N–H and O–H groups in total. The smallest absolute Gasteiger partial charge is 0.209 e. The zero-order valence-corrected chi connectivity index (χ0v) is 5.62. The molecule has 1 heterocycles. The first-order valence-electron chi connectivity index (χ1n) is 3.11. The van der Waals surface area contributed by atoms with Gasteiger partial charge in [-0.3, -0.25) is 0 Å². The molecular weight excluding hydrogens is 156 g/mol. The minimum Gasteiger partial charge on any atom is -0.393 e. The van der Waals surface area contributed by atoms with E-state index in [0.29, 0.717) is 0 Å². The topological polar surface area (TPSA) is 99.4 Å². The third-order valence-electron chi connectivity index (χ3n) is 1.34. The summed E-state index contributed by atoms with van der Waals surface area (Å²) >= 11 is 0. The van der Waals surface area contributed by atoms with E-state index in [0.717, 1.165) is 0 Å². The van der Waals surface area contributed by atoms with Crippen molar-refractivity contribution in [2.45, 2.75) is 25.0 Å². The van der Waals surface area contributed by atoms with Crippen molar-refractivity contribution < 1.29 is 29.9 Å². The average molecular weight is 166 g/mol. The zero-order chi connectivity index (χ0) is 8.43. The Morgan fingerprint density at radius 1 is 0.909 bits per heavy atom. The second-order valence-corrected chi connectivity index (χ2v) is 2.16. The Bertz CT molecular complexity index is 128. The van der Waals surface area contributed by atoms with Crippen LogP contribution in [0.5, 0.6) is 0 Å². The van der Waals surface area contributed by atoms with E-state index in [4.69, 9.17) is 20.4 Å². The molecule has 1 aliphatic heterocycles. The molecule has 1 aliphatic rings. The molecule has 66 valence electrons. The SMILES string of the molecule is OCC1O[C@@H](O)C(O)O[C@H]1O. The summed E-state index contributed by atoms with van der Waals surface area (Å²) in [6.07, 6.45) is -5.49. The predicted octanol–water partition coefficient (Wildman–Crippen LogP) is -2.65. The van der Waals surface area contributed by atoms with Crippen LogP contribution in [0, 0.1) is 0 Å². The first-order valence-corrected chi connectivity index (χ1v) is 3.11. The van der Waals surface area contributed by atoms with E-state index in [1.807, 2.05) is 0 Å². The van der Waals surface area contributed by atoms with Crippen LogP contribution >= 0.6 is 0 Å². The molecular formula is C5H10O6. The molecule has 6 nitrogen and oxygen atoms in total. The van der Waals surface area contributed by atoms with Gasteiger partial charge in [0, 0.05) is 0 Å². The maximum atomic E-state index is 8.88. The van der Waals surface area contributed by atoms with Crippen LogP contribution < -0.4 is 0 Å². The summed E-state index contributed by atoms with van der Waals surface area (Å²) in [4.78, 5) is 0. The third-order valence-corrected chi connectivity index (χ3v) is 1.34. The van der Waals surface area contributed by atoms with Crippen molar-refractivity contribution >= 4 is 0 Å². The standard InChI is InChI=1S/C5H10O6/c6-1-2-3(7)11-5(9)4(8)10-2/h2-9H,1H2/t2?,3-,4-,5?/m1/s1. The van der Waals surface area contributed by atoms with Crippen LogP contribution in [0.15, 0.2) is 0 Å². The summed E-state index contributed by atoms with van der Waals surface area (Å²) in [6.45, 7) is -0.481. The minimum absolute atomic E-state index is 0.481. The van der Waals surface area contributed by atoms with Gasteiger partial charge in [0.15, 0.2) is 6.29 Å². The second kappa shape index (κ2) is 3.44. The number of aliphatic hydroxyl groups excluding tert-OH is 4. The quantitative estimate of drug-likeness (QED) is 0.339. The predicted molar refractivity (Wildman–Crippen MR) is 31.1 cm³/mol. The number of aliphatic hydroxyl groups is 4. The van der Waals surface area contributed by atoms with Gasteiger partial charge in [-0.1, -0.05) is 0 Å². The van der Waals surface area contributed by atoms with Crippen LogP contribution in [-0.4, -0.2) is 52.0 Å². The van der Waals surface area contributed by atoms with Crippen molar-refractivity contribution in [3.05, 3.63) is 0 Å². The minimum atomic E-state index is -1.56. The van der Waals surface area contributed by atoms with Gasteiger partial charge in [0.1, 0.15) is 6.10 Å². The Kier molecular flexibility index (Phi) is 2.77. The molecule has 0 saturated carbocycles. The molecule has 0 aliphatic carbocycles. The molecule has 1 saturated heterocycles. The van der Waals surface area contributed by atoms with Crippen LogP contribution in [-0.2, 0) is 9.47 Å². The van der Waals surface area contributed by atoms with Crippen LogP contribution in [0.25, 0.3) is 0 Å². The molecule has 0 amide bonds. The lowest BCUT2D eigenvalue weighted by Gasteiger charge is -2.33. The summed E-state index contributed by atoms with van der Waals surface area (Å²) in [6, 6.07) is 0. The van der Waals surface area contributed by atoms with Crippen molar-refractivity contribution in [2.24, 2.45) is 0 Å². The summed E-state index contributed by atoms with van der Waals surface area (Å²) < 4.78 is 8.92. The molecule has 0 aromatic heterocycles. The maximum Gasteiger partial charge on any atom is 0.209 e. The molecule has 1 rings (SSSR count). The van der Waals surface area contributed by atoms with Gasteiger partial charge in [0.2, 0.25) is 12.6 Å². The molecule has 1 fully saturated rings. The highest BCUT2D eigenvalue weighted by Crippen LogP contribution is 2.15. The third kappa shape index (κ3) is 1.86. The molecule has 4 atom stereocenters. The largest absolute Gasteiger partial charge is 0.393 e. The monoisotopic (exact) mass is 166 g/mol. The van der Waals surface area contributed by atoms with Crippen molar-refractivity contribution in [1.82, 2.24) is 0 Å². The zero-order valence-electron chi connectivity index (χ0n) is 5.62. The van der Waals surface area contributed by atoms with E-state index in [-0.39, 0.29) is 0 Å². The highest BCUT2D eigenvalue weighted by Gasteiger charge is 2.35. The highest BCUT2D eigenvalue weighted by molar-refractivity contribution is 4.67. The Morgan fingerprint density at radius 3 is 2.00 bits per heavy atom. The van der Waals surface area contributed by atoms with Gasteiger partial charge in [0.25, 0.3) is 0 Å². The Hall–Kier alpha value is -0.240. The molecule has 6 heteroatoms. The van der Waals surface area contributed by atoms with E-state index >= 15 is 0 Å². The number of hydrogen-bond donors (Lipinski definition) is 4. The number of rotatable bonds is 1. The van der Waals surface area contributed by atoms with E-state index in [1.54, 1.807) is 0 Å². The fraction of sp³-hybridized carbons (Fsp3) is 1.00. The first-order chi connectivity index (χ1) is 5.15. The molecule has 0 aromatic carbocycles. The van der Waals surface area contributed by atoms with Gasteiger partial charge >= 0.3 is 0 Å². The Balaban J connectivity index is 2.48. The fourth-order valence-corrected chi connectivity index (χ4v) is 0.744. The summed E-state index contributed by atoms with van der Waals surface area (Å²) in [5, 5.41) is 34.9. The van der Waals surface area contributed by atoms with Crippen LogP contribution in [0.1, 0.15) is 0 Å². The first kappa shape index (κ1) is 8.85. The molecule has 0 aromatic rings. The Morgan fingerprint density at radius 2 is 1.45 bits per heavy atom. The summed E-state index contributed by atoms with van der Waals surface area (Å²) in [7, 11) is 0. The van der Waals surface area contributed by atoms with Gasteiger partial charge < -0.3 is 29.9 Å². The molecule has 0 spiro atoms. The summed E-state index contributed by atoms with van der Waals surface area (Å²) in [5.41, 5.74) is 0. The molecule has 2 unspecified atom stereocenters. The lowest BCUT2D eigenvalue weighted by Crippen LogP contribution is -2.50. The fourth-order valence-electron chi connectivity index (χ4n) is 0.744. The Labute approximate surface area is 62.6 Å². The van der Waals surface area contributed by atoms with Gasteiger partial charge in [-0.15, -0.1) is 0 Å². The van der Waals surface area contributed by atoms with Gasteiger partial charge in [-0.25, -0.2) is 0 Å². The van der Waals surface area contributed by atoms with E-state index in [1.165, 1.54) is 0 Å². The number of hydrogen-bond acceptors (Lipinski definition) is 6. The van der Waals surface area contributed by atoms with E-state index in [2.05, 4.69) is 9.47 Å². The molecule has 0 radical (unpaired) electrons. The van der Waals surface area contributed by atoms with E-state index < -0.39 is 31.6 Å². The summed E-state index contributed by atoms with van der Waals surface area (Å²) in [5.74, 6) is 0. The van der Waals surface area contributed by atoms with Crippen LogP contribution in [0.3, 0.4) is 0 Å². The van der Waals surface area contributed by atoms with E-state index in [9.17, 15) is 0 Å². The highest BCUT2D eigenvalue weighted by atomic mass is 16.8. The van der Waals surface area contributed by atoms with Crippen molar-refractivity contribution in [2.75, 3.05) is 6.61 Å². The normalized spacial score (nSPS) is 45.8. The van der Waals surface area contributed by atoms with Crippen molar-refractivity contribution in [1.29, 1.82) is 0 Å². The molecule has 0 bridgehead atoms. The number of ether oxygens (including phenoxy) is 2. The lowest BCUT2D eigenvalue weighted by molar-refractivity contribution is -0.379. The van der Waals surface area contributed by atoms with Crippen LogP contribution in [0.4, 0.5) is 0 Å². The van der Waals surface area contributed by atoms with Crippen LogP contribution in [0.2, 0.25) is 0 Å². The lowest BCUT2D eigenvalue weighted by atomic mass is 10.3. The van der Waals surface area contributed by atoms with Gasteiger partial charge in [0.05, 0.1) is 6.61 Å². The second-order valence-electron chi connectivity index (χ2n) is 2.16. The van der Waals surface area contributed by atoms with Gasteiger partial charge in [-0.2, -0.15) is 0 Å². The average Bonchev–Trinajstić information content (AvgIpc) is 1.97. The maximum absolute atomic E-state index is 8.88. The van der Waals surface area contributed by atoms with Crippen molar-refractivity contribution in [3.63, 3.8) is 0 Å². The van der Waals surface area contributed by atoms with Gasteiger partial charge in [-0.05, 0) is 0 Å². The molecule has 11 heavy (non-hydrogen) atoms. The van der Waals surface area contributed by atoms with Crippen molar-refractivity contribution in [3.8, 4) is 0 Å².